The number of nitrogens with two attached hydrogens (primary N) is 1. The lowest BCUT2D eigenvalue weighted by Crippen LogP contribution is -2.32. The number of carbonyl (C=O) groups excluding carboxylic acids is 1. The van der Waals surface area contributed by atoms with Crippen LogP contribution in [0.3, 0.4) is 0 Å². The number of halogens is 5. The predicted octanol–water partition coefficient (Wildman–Crippen LogP) is 3.70. The average molecular weight is 530 g/mol. The highest BCUT2D eigenvalue weighted by molar-refractivity contribution is 9.10. The quantitative estimate of drug-likeness (QED) is 0.370. The lowest BCUT2D eigenvalue weighted by atomic mass is 10.1. The fourth-order valence-corrected chi connectivity index (χ4v) is 3.13. The molecule has 0 bridgehead atoms. The molecule has 2 N–H and O–H groups in total. The second kappa shape index (κ2) is 10.1. The van der Waals surface area contributed by atoms with Crippen molar-refractivity contribution in [3.05, 3.63) is 85.9 Å². The molecule has 3 aromatic rings. The van der Waals surface area contributed by atoms with Crippen molar-refractivity contribution in [2.45, 2.75) is 25.9 Å². The van der Waals surface area contributed by atoms with Crippen LogP contribution in [-0.4, -0.2) is 21.7 Å². The molecule has 33 heavy (non-hydrogen) atoms. The summed E-state index contributed by atoms with van der Waals surface area (Å²) in [6.45, 7) is -0.228. The minimum Gasteiger partial charge on any atom is -0.472 e. The zero-order valence-corrected chi connectivity index (χ0v) is 18.3. The minimum atomic E-state index is -5.32. The molecule has 1 aromatic heterocycles. The number of nitrogens with zero attached hydrogens (tertiary/aromatic N) is 2. The van der Waals surface area contributed by atoms with Crippen molar-refractivity contribution in [1.82, 2.24) is 9.55 Å². The Hall–Kier alpha value is -3.25. The number of carbonyl (C=O) groups is 1. The van der Waals surface area contributed by atoms with Gasteiger partial charge in [0.1, 0.15) is 16.9 Å². The van der Waals surface area contributed by atoms with E-state index in [-0.39, 0.29) is 24.2 Å². The number of ether oxygens (including phenoxy) is 2. The summed E-state index contributed by atoms with van der Waals surface area (Å²) in [5.41, 5.74) is 6.49. The Balaban J connectivity index is 1.99. The van der Waals surface area contributed by atoms with E-state index in [2.05, 4.69) is 25.7 Å². The van der Waals surface area contributed by atoms with Gasteiger partial charge in [0.2, 0.25) is 5.88 Å². The van der Waals surface area contributed by atoms with Gasteiger partial charge in [-0.25, -0.2) is 9.18 Å². The van der Waals surface area contributed by atoms with E-state index in [0.29, 0.717) is 11.1 Å². The van der Waals surface area contributed by atoms with E-state index >= 15 is 0 Å². The Morgan fingerprint density at radius 1 is 1.09 bits per heavy atom. The van der Waals surface area contributed by atoms with Crippen molar-refractivity contribution in [2.24, 2.45) is 5.73 Å². The SMILES string of the molecule is NCc1cccc(Cn2c(OC(=O)C(F)(F)F)nc(OCc3ccc(F)cc3)c(Br)c2=O)c1. The number of benzene rings is 2. The monoisotopic (exact) mass is 529 g/mol. The number of hydrogen-bond acceptors (Lipinski definition) is 6. The van der Waals surface area contributed by atoms with E-state index in [4.69, 9.17) is 10.5 Å². The summed E-state index contributed by atoms with van der Waals surface area (Å²) < 4.78 is 61.8. The zero-order valence-electron chi connectivity index (χ0n) is 16.7. The first-order chi connectivity index (χ1) is 15.6. The zero-order chi connectivity index (χ0) is 24.2. The van der Waals surface area contributed by atoms with Gasteiger partial charge in [0.15, 0.2) is 0 Å². The fraction of sp³-hybridized carbons (Fsp3) is 0.190. The average Bonchev–Trinajstić information content (AvgIpc) is 2.78. The molecule has 0 saturated heterocycles. The summed E-state index contributed by atoms with van der Waals surface area (Å²) in [6, 6.07) is 11.0. The number of hydrogen-bond donors (Lipinski definition) is 1. The Kier molecular flexibility index (Phi) is 7.49. The third-order valence-electron chi connectivity index (χ3n) is 4.32. The van der Waals surface area contributed by atoms with Gasteiger partial charge < -0.3 is 15.2 Å². The van der Waals surface area contributed by atoms with Gasteiger partial charge in [0.25, 0.3) is 5.56 Å². The normalized spacial score (nSPS) is 11.3. The van der Waals surface area contributed by atoms with Crippen LogP contribution in [0.25, 0.3) is 0 Å². The molecule has 7 nitrogen and oxygen atoms in total. The highest BCUT2D eigenvalue weighted by Gasteiger charge is 2.42. The van der Waals surface area contributed by atoms with E-state index in [1.807, 2.05) is 0 Å². The molecule has 0 aliphatic heterocycles. The Morgan fingerprint density at radius 2 is 1.76 bits per heavy atom. The first-order valence-corrected chi connectivity index (χ1v) is 10.1. The summed E-state index contributed by atoms with van der Waals surface area (Å²) in [6.07, 6.45) is -5.32. The molecular formula is C21H16BrF4N3O4. The van der Waals surface area contributed by atoms with Gasteiger partial charge in [-0.15, -0.1) is 0 Å². The number of esters is 1. The van der Waals surface area contributed by atoms with Crippen molar-refractivity contribution < 1.29 is 31.8 Å². The van der Waals surface area contributed by atoms with Crippen LogP contribution >= 0.6 is 15.9 Å². The highest BCUT2D eigenvalue weighted by atomic mass is 79.9. The van der Waals surface area contributed by atoms with Crippen LogP contribution in [0.5, 0.6) is 11.9 Å². The lowest BCUT2D eigenvalue weighted by molar-refractivity contribution is -0.190. The molecule has 12 heteroatoms. The van der Waals surface area contributed by atoms with Gasteiger partial charge in [-0.1, -0.05) is 36.4 Å². The number of aromatic nitrogens is 2. The maximum Gasteiger partial charge on any atom is 0.491 e. The van der Waals surface area contributed by atoms with Crippen LogP contribution in [0, 0.1) is 5.82 Å². The van der Waals surface area contributed by atoms with Gasteiger partial charge in [0, 0.05) is 6.54 Å². The first kappa shape index (κ1) is 24.4. The topological polar surface area (TPSA) is 96.4 Å². The van der Waals surface area contributed by atoms with Crippen molar-refractivity contribution in [3.63, 3.8) is 0 Å². The number of rotatable bonds is 7. The van der Waals surface area contributed by atoms with Crippen molar-refractivity contribution in [2.75, 3.05) is 0 Å². The van der Waals surface area contributed by atoms with Crippen LogP contribution in [-0.2, 0) is 24.5 Å². The summed E-state index contributed by atoms with van der Waals surface area (Å²) in [5, 5.41) is 0. The first-order valence-electron chi connectivity index (χ1n) is 9.33. The molecule has 0 spiro atoms. The molecule has 3 rings (SSSR count). The molecule has 2 aromatic carbocycles. The van der Waals surface area contributed by atoms with E-state index < -0.39 is 35.4 Å². The Bertz CT molecular complexity index is 1210. The standard InChI is InChI=1S/C21H16BrF4N3O4/c22-16-17(32-11-12-4-6-15(23)7-5-12)28-20(33-19(31)21(24,25)26)29(18(16)30)10-14-3-1-2-13(8-14)9-27/h1-8H,9-11,27H2. The second-order valence-corrected chi connectivity index (χ2v) is 7.52. The van der Waals surface area contributed by atoms with E-state index in [0.717, 1.165) is 10.1 Å². The molecule has 0 atom stereocenters. The van der Waals surface area contributed by atoms with Crippen LogP contribution in [0.2, 0.25) is 0 Å². The van der Waals surface area contributed by atoms with Gasteiger partial charge in [0.05, 0.1) is 6.54 Å². The van der Waals surface area contributed by atoms with Gasteiger partial charge in [-0.3, -0.25) is 9.36 Å². The van der Waals surface area contributed by atoms with Crippen molar-refractivity contribution in [1.29, 1.82) is 0 Å². The summed E-state index contributed by atoms with van der Waals surface area (Å²) in [5.74, 6) is -3.42. The molecule has 0 fully saturated rings. The number of alkyl halides is 3. The third-order valence-corrected chi connectivity index (χ3v) is 5.00. The van der Waals surface area contributed by atoms with Crippen molar-refractivity contribution >= 4 is 21.9 Å². The van der Waals surface area contributed by atoms with Crippen LogP contribution in [0.4, 0.5) is 17.6 Å². The van der Waals surface area contributed by atoms with Crippen LogP contribution in [0.15, 0.2) is 57.8 Å². The molecule has 0 radical (unpaired) electrons. The molecule has 0 aliphatic rings. The third kappa shape index (κ3) is 6.17. The van der Waals surface area contributed by atoms with E-state index in [1.54, 1.807) is 24.3 Å². The molecule has 0 saturated carbocycles. The smallest absolute Gasteiger partial charge is 0.472 e. The second-order valence-electron chi connectivity index (χ2n) is 6.73. The summed E-state index contributed by atoms with van der Waals surface area (Å²) >= 11 is 3.03. The molecule has 174 valence electrons. The predicted molar refractivity (Wildman–Crippen MR) is 112 cm³/mol. The maximum atomic E-state index is 13.1. The van der Waals surface area contributed by atoms with Crippen LogP contribution < -0.4 is 20.8 Å². The molecule has 1 heterocycles. The molecule has 0 aliphatic carbocycles. The largest absolute Gasteiger partial charge is 0.491 e. The van der Waals surface area contributed by atoms with Gasteiger partial charge >= 0.3 is 18.2 Å². The fourth-order valence-electron chi connectivity index (χ4n) is 2.72. The lowest BCUT2D eigenvalue weighted by Gasteiger charge is -2.16. The van der Waals surface area contributed by atoms with E-state index in [1.165, 1.54) is 24.3 Å². The summed E-state index contributed by atoms with van der Waals surface area (Å²) in [7, 11) is 0. The molecule has 0 amide bonds. The molecule has 0 unspecified atom stereocenters. The molecular weight excluding hydrogens is 514 g/mol. The van der Waals surface area contributed by atoms with Gasteiger partial charge in [-0.2, -0.15) is 18.2 Å². The van der Waals surface area contributed by atoms with Gasteiger partial charge in [-0.05, 0) is 44.8 Å². The minimum absolute atomic E-state index is 0.180. The maximum absolute atomic E-state index is 13.1. The summed E-state index contributed by atoms with van der Waals surface area (Å²) in [4.78, 5) is 28.2. The highest BCUT2D eigenvalue weighted by Crippen LogP contribution is 2.25. The van der Waals surface area contributed by atoms with E-state index in [9.17, 15) is 27.2 Å². The Morgan fingerprint density at radius 3 is 2.39 bits per heavy atom. The van der Waals surface area contributed by atoms with Crippen molar-refractivity contribution in [3.8, 4) is 11.9 Å². The van der Waals surface area contributed by atoms with Crippen LogP contribution in [0.1, 0.15) is 16.7 Å². The Labute approximate surface area is 192 Å².